The fourth-order valence-electron chi connectivity index (χ4n) is 4.63. The molecule has 0 saturated carbocycles. The first-order valence-electron chi connectivity index (χ1n) is 12.8. The quantitative estimate of drug-likeness (QED) is 0.309. The molecule has 0 bridgehead atoms. The van der Waals surface area contributed by atoms with E-state index in [0.29, 0.717) is 49.7 Å². The summed E-state index contributed by atoms with van der Waals surface area (Å²) in [7, 11) is 4.41. The minimum absolute atomic E-state index is 0.0665. The Kier molecular flexibility index (Phi) is 9.49. The number of amides is 2. The number of fused-ring (bicyclic) bond motifs is 1. The van der Waals surface area contributed by atoms with E-state index < -0.39 is 11.9 Å². The number of benzene rings is 2. The van der Waals surface area contributed by atoms with Crippen molar-refractivity contribution in [2.45, 2.75) is 35.9 Å². The molecule has 1 aliphatic rings. The van der Waals surface area contributed by atoms with E-state index in [-0.39, 0.29) is 17.2 Å². The Bertz CT molecular complexity index is 1340. The Balaban J connectivity index is 1.79. The van der Waals surface area contributed by atoms with Crippen molar-refractivity contribution in [3.63, 3.8) is 0 Å². The molecule has 0 atom stereocenters. The minimum Gasteiger partial charge on any atom is -0.465 e. The van der Waals surface area contributed by atoms with Crippen molar-refractivity contribution in [1.29, 1.82) is 0 Å². The lowest BCUT2D eigenvalue weighted by atomic mass is 10.1. The lowest BCUT2D eigenvalue weighted by molar-refractivity contribution is 0.0553. The molecule has 1 aliphatic heterocycles. The molecule has 3 aromatic rings. The molecule has 0 N–H and O–H groups in total. The molecule has 1 aromatic heterocycles. The summed E-state index contributed by atoms with van der Waals surface area (Å²) in [5.74, 6) is -1.19. The molecule has 8 nitrogen and oxygen atoms in total. The highest BCUT2D eigenvalue weighted by atomic mass is 32.2. The van der Waals surface area contributed by atoms with Gasteiger partial charge < -0.3 is 23.8 Å². The van der Waals surface area contributed by atoms with E-state index in [2.05, 4.69) is 0 Å². The Labute approximate surface area is 233 Å². The lowest BCUT2D eigenvalue weighted by Gasteiger charge is -2.28. The van der Waals surface area contributed by atoms with E-state index in [4.69, 9.17) is 9.47 Å². The van der Waals surface area contributed by atoms with Gasteiger partial charge in [-0.3, -0.25) is 0 Å². The predicted molar refractivity (Wildman–Crippen MR) is 150 cm³/mol. The topological polar surface area (TPSA) is 81.1 Å². The zero-order chi connectivity index (χ0) is 27.8. The highest BCUT2D eigenvalue weighted by Gasteiger charge is 2.33. The van der Waals surface area contributed by atoms with Crippen molar-refractivity contribution >= 4 is 29.7 Å². The third kappa shape index (κ3) is 6.54. The zero-order valence-electron chi connectivity index (χ0n) is 22.5. The van der Waals surface area contributed by atoms with Gasteiger partial charge in [-0.1, -0.05) is 72.4 Å². The Hall–Kier alpha value is -3.98. The number of allylic oxidation sites excluding steroid dienone is 1. The standard InChI is InChI=1S/C30H33N3O5S/c1-31-18-10-11-20-33-24(17-12-19-32(30(31)36)21-22-13-6-4-7-14-22)25(28(34)37-2)26(29(35)38-3)27(33)39-23-15-8-5-9-16-23/h4-11,13-16H,12,17-21H2,1-3H3/b11-10+. The number of urea groups is 1. The van der Waals surface area contributed by atoms with Crippen LogP contribution in [0.3, 0.4) is 0 Å². The van der Waals surface area contributed by atoms with Crippen LogP contribution in [-0.2, 0) is 29.0 Å². The van der Waals surface area contributed by atoms with E-state index in [1.165, 1.54) is 26.0 Å². The van der Waals surface area contributed by atoms with Gasteiger partial charge in [0.1, 0.15) is 5.56 Å². The highest BCUT2D eigenvalue weighted by molar-refractivity contribution is 7.99. The maximum Gasteiger partial charge on any atom is 0.341 e. The van der Waals surface area contributed by atoms with Gasteiger partial charge in [0.2, 0.25) is 0 Å². The predicted octanol–water partition coefficient (Wildman–Crippen LogP) is 5.27. The number of ether oxygens (including phenoxy) is 2. The molecule has 2 amide bonds. The van der Waals surface area contributed by atoms with Gasteiger partial charge in [-0.25, -0.2) is 14.4 Å². The van der Waals surface area contributed by atoms with Crippen LogP contribution in [0.1, 0.15) is 38.4 Å². The number of hydrogen-bond donors (Lipinski definition) is 0. The minimum atomic E-state index is -0.595. The molecule has 2 aromatic carbocycles. The molecule has 9 heteroatoms. The van der Waals surface area contributed by atoms with Crippen molar-refractivity contribution in [3.05, 3.63) is 95.2 Å². The number of methoxy groups -OCH3 is 2. The molecule has 0 saturated heterocycles. The summed E-state index contributed by atoms with van der Waals surface area (Å²) in [5, 5.41) is 0.621. The van der Waals surface area contributed by atoms with Crippen LogP contribution in [0.25, 0.3) is 0 Å². The van der Waals surface area contributed by atoms with Crippen LogP contribution in [0.2, 0.25) is 0 Å². The molecular weight excluding hydrogens is 514 g/mol. The third-order valence-electron chi connectivity index (χ3n) is 6.55. The lowest BCUT2D eigenvalue weighted by Crippen LogP contribution is -2.41. The van der Waals surface area contributed by atoms with E-state index in [0.717, 1.165) is 10.5 Å². The summed E-state index contributed by atoms with van der Waals surface area (Å²) in [6.07, 6.45) is 4.92. The molecule has 0 unspecified atom stereocenters. The largest absolute Gasteiger partial charge is 0.465 e. The Morgan fingerprint density at radius 3 is 2.15 bits per heavy atom. The van der Waals surface area contributed by atoms with E-state index >= 15 is 0 Å². The Morgan fingerprint density at radius 2 is 1.49 bits per heavy atom. The summed E-state index contributed by atoms with van der Waals surface area (Å²) >= 11 is 1.41. The smallest absolute Gasteiger partial charge is 0.341 e. The number of aromatic nitrogens is 1. The second kappa shape index (κ2) is 13.2. The highest BCUT2D eigenvalue weighted by Crippen LogP contribution is 2.37. The summed E-state index contributed by atoms with van der Waals surface area (Å²) in [5.41, 5.74) is 2.14. The third-order valence-corrected chi connectivity index (χ3v) is 7.67. The molecule has 4 rings (SSSR count). The normalized spacial score (nSPS) is 15.1. The number of likely N-dealkylation sites (N-methyl/N-ethyl adjacent to an activating group) is 1. The number of carbonyl (C=O) groups excluding carboxylic acids is 3. The number of rotatable bonds is 6. The van der Waals surface area contributed by atoms with Crippen LogP contribution in [0.15, 0.2) is 82.7 Å². The van der Waals surface area contributed by atoms with Gasteiger partial charge >= 0.3 is 18.0 Å². The first-order chi connectivity index (χ1) is 18.9. The molecule has 0 spiro atoms. The SMILES string of the molecule is COC(=O)c1c(C(=O)OC)c(Sc2ccccc2)n2c1CCCN(Cc1ccccc1)C(=O)N(C)C/C=C/C2. The van der Waals surface area contributed by atoms with Crippen LogP contribution in [0.4, 0.5) is 4.79 Å². The van der Waals surface area contributed by atoms with E-state index in [9.17, 15) is 14.4 Å². The molecule has 0 fully saturated rings. The first-order valence-corrected chi connectivity index (χ1v) is 13.6. The molecular formula is C30H33N3O5S. The second-order valence-corrected chi connectivity index (χ2v) is 10.2. The second-order valence-electron chi connectivity index (χ2n) is 9.16. The zero-order valence-corrected chi connectivity index (χ0v) is 23.3. The van der Waals surface area contributed by atoms with Crippen LogP contribution in [-0.4, -0.2) is 66.7 Å². The van der Waals surface area contributed by atoms with Crippen molar-refractivity contribution in [2.75, 3.05) is 34.4 Å². The molecule has 0 radical (unpaired) electrons. The van der Waals surface area contributed by atoms with Crippen LogP contribution >= 0.6 is 11.8 Å². The number of carbonyl (C=O) groups is 3. The van der Waals surface area contributed by atoms with Crippen molar-refractivity contribution in [1.82, 2.24) is 14.4 Å². The molecule has 39 heavy (non-hydrogen) atoms. The van der Waals surface area contributed by atoms with Gasteiger partial charge in [0, 0.05) is 43.8 Å². The van der Waals surface area contributed by atoms with Crippen LogP contribution in [0, 0.1) is 0 Å². The first kappa shape index (κ1) is 28.0. The monoisotopic (exact) mass is 547 g/mol. The van der Waals surface area contributed by atoms with Crippen molar-refractivity contribution in [3.8, 4) is 0 Å². The van der Waals surface area contributed by atoms with Crippen LogP contribution < -0.4 is 0 Å². The van der Waals surface area contributed by atoms with Gasteiger partial charge in [0.15, 0.2) is 0 Å². The molecule has 2 heterocycles. The van der Waals surface area contributed by atoms with Gasteiger partial charge in [0.05, 0.1) is 24.8 Å². The summed E-state index contributed by atoms with van der Waals surface area (Å²) in [4.78, 5) is 44.0. The number of hydrogen-bond acceptors (Lipinski definition) is 6. The average molecular weight is 548 g/mol. The number of esters is 2. The molecule has 0 aliphatic carbocycles. The average Bonchev–Trinajstić information content (AvgIpc) is 3.26. The summed E-state index contributed by atoms with van der Waals surface area (Å²) in [6.45, 7) is 1.79. The number of nitrogens with zero attached hydrogens (tertiary/aromatic N) is 3. The van der Waals surface area contributed by atoms with Gasteiger partial charge in [-0.2, -0.15) is 0 Å². The summed E-state index contributed by atoms with van der Waals surface area (Å²) in [6, 6.07) is 19.5. The fourth-order valence-corrected chi connectivity index (χ4v) is 5.73. The van der Waals surface area contributed by atoms with E-state index in [1.54, 1.807) is 11.9 Å². The van der Waals surface area contributed by atoms with Gasteiger partial charge in [0.25, 0.3) is 0 Å². The van der Waals surface area contributed by atoms with Gasteiger partial charge in [-0.15, -0.1) is 0 Å². The van der Waals surface area contributed by atoms with Gasteiger partial charge in [-0.05, 0) is 30.5 Å². The summed E-state index contributed by atoms with van der Waals surface area (Å²) < 4.78 is 12.3. The van der Waals surface area contributed by atoms with Crippen molar-refractivity contribution < 1.29 is 23.9 Å². The van der Waals surface area contributed by atoms with Crippen molar-refractivity contribution in [2.24, 2.45) is 0 Å². The maximum absolute atomic E-state index is 13.3. The van der Waals surface area contributed by atoms with E-state index in [1.807, 2.05) is 82.3 Å². The molecule has 204 valence electrons. The van der Waals surface area contributed by atoms with Crippen LogP contribution in [0.5, 0.6) is 0 Å². The fraction of sp³-hybridized carbons (Fsp3) is 0.300. The Morgan fingerprint density at radius 1 is 0.872 bits per heavy atom. The maximum atomic E-state index is 13.3.